The summed E-state index contributed by atoms with van der Waals surface area (Å²) < 4.78 is 1.58. The van der Waals surface area contributed by atoms with Crippen molar-refractivity contribution in [1.29, 1.82) is 0 Å². The molecule has 1 heterocycles. The lowest BCUT2D eigenvalue weighted by Crippen LogP contribution is -2.18. The van der Waals surface area contributed by atoms with Gasteiger partial charge < -0.3 is 5.73 Å². The van der Waals surface area contributed by atoms with Gasteiger partial charge in [-0.3, -0.25) is 4.57 Å². The summed E-state index contributed by atoms with van der Waals surface area (Å²) in [6.07, 6.45) is 0.750. The van der Waals surface area contributed by atoms with Crippen LogP contribution in [-0.2, 0) is 13.0 Å². The fraction of sp³-hybridized carbons (Fsp3) is 0.385. The number of halogens is 1. The first-order valence-corrected chi connectivity index (χ1v) is 7.57. The third kappa shape index (κ3) is 3.45. The average Bonchev–Trinajstić information content (AvgIpc) is 2.73. The van der Waals surface area contributed by atoms with Crippen LogP contribution in [0, 0.1) is 0 Å². The molecule has 0 saturated heterocycles. The van der Waals surface area contributed by atoms with Gasteiger partial charge in [-0.05, 0) is 49.7 Å². The summed E-state index contributed by atoms with van der Waals surface area (Å²) in [5, 5.41) is 7.79. The predicted octanol–water partition coefficient (Wildman–Crippen LogP) is 2.29. The molecule has 0 fully saturated rings. The zero-order valence-electron chi connectivity index (χ0n) is 11.4. The lowest BCUT2D eigenvalue weighted by Gasteiger charge is -2.11. The van der Waals surface area contributed by atoms with Gasteiger partial charge in [0.05, 0.1) is 0 Å². The topological polar surface area (TPSA) is 76.7 Å². The number of hydrogen-bond donors (Lipinski definition) is 2. The van der Waals surface area contributed by atoms with E-state index in [0.29, 0.717) is 16.7 Å². The zero-order valence-corrected chi connectivity index (χ0v) is 13.0. The van der Waals surface area contributed by atoms with Crippen LogP contribution >= 0.6 is 23.4 Å². The van der Waals surface area contributed by atoms with E-state index in [1.54, 1.807) is 4.57 Å². The standard InChI is InChI=1S/C13H17ClN4OS/c1-3-18-12(19)16-17-13(18)20-11-7-10(14)5-4-9(11)6-8(2)15/h4-5,7-8H,3,6,15H2,1-2H3,(H,16,19). The molecular weight excluding hydrogens is 296 g/mol. The van der Waals surface area contributed by atoms with Gasteiger partial charge >= 0.3 is 5.69 Å². The minimum Gasteiger partial charge on any atom is -0.328 e. The Morgan fingerprint density at radius 2 is 2.30 bits per heavy atom. The van der Waals surface area contributed by atoms with Gasteiger partial charge in [-0.25, -0.2) is 9.89 Å². The Morgan fingerprint density at radius 1 is 1.55 bits per heavy atom. The van der Waals surface area contributed by atoms with Crippen molar-refractivity contribution < 1.29 is 0 Å². The van der Waals surface area contributed by atoms with Crippen molar-refractivity contribution in [1.82, 2.24) is 14.8 Å². The Labute approximate surface area is 126 Å². The Balaban J connectivity index is 2.36. The van der Waals surface area contributed by atoms with Crippen LogP contribution in [0.4, 0.5) is 0 Å². The van der Waals surface area contributed by atoms with E-state index in [0.717, 1.165) is 16.9 Å². The number of benzene rings is 1. The summed E-state index contributed by atoms with van der Waals surface area (Å²) >= 11 is 7.48. The van der Waals surface area contributed by atoms with Crippen LogP contribution in [0.5, 0.6) is 0 Å². The van der Waals surface area contributed by atoms with E-state index in [2.05, 4.69) is 10.2 Å². The van der Waals surface area contributed by atoms with Crippen LogP contribution in [0.1, 0.15) is 19.4 Å². The van der Waals surface area contributed by atoms with Crippen molar-refractivity contribution in [2.45, 2.75) is 42.9 Å². The van der Waals surface area contributed by atoms with Gasteiger partial charge in [-0.1, -0.05) is 17.7 Å². The third-order valence-corrected chi connectivity index (χ3v) is 4.14. The van der Waals surface area contributed by atoms with Crippen molar-refractivity contribution in [2.24, 2.45) is 5.73 Å². The van der Waals surface area contributed by atoms with E-state index in [1.165, 1.54) is 11.8 Å². The van der Waals surface area contributed by atoms with Gasteiger partial charge in [0.1, 0.15) is 0 Å². The highest BCUT2D eigenvalue weighted by atomic mass is 35.5. The van der Waals surface area contributed by atoms with Crippen LogP contribution in [0.2, 0.25) is 5.02 Å². The number of H-pyrrole nitrogens is 1. The number of nitrogens with zero attached hydrogens (tertiary/aromatic N) is 2. The summed E-state index contributed by atoms with van der Waals surface area (Å²) in [5.41, 5.74) is 6.77. The molecule has 0 amide bonds. The average molecular weight is 313 g/mol. The van der Waals surface area contributed by atoms with Crippen LogP contribution in [0.25, 0.3) is 0 Å². The van der Waals surface area contributed by atoms with Gasteiger partial charge in [0.2, 0.25) is 0 Å². The SMILES string of the molecule is CCn1c(Sc2cc(Cl)ccc2CC(C)N)n[nH]c1=O. The summed E-state index contributed by atoms with van der Waals surface area (Å²) in [6, 6.07) is 5.75. The largest absolute Gasteiger partial charge is 0.343 e. The molecule has 5 nitrogen and oxygen atoms in total. The minimum absolute atomic E-state index is 0.0584. The van der Waals surface area contributed by atoms with Gasteiger partial charge in [0.15, 0.2) is 5.16 Å². The third-order valence-electron chi connectivity index (χ3n) is 2.81. The minimum atomic E-state index is -0.203. The van der Waals surface area contributed by atoms with Crippen molar-refractivity contribution in [3.05, 3.63) is 39.3 Å². The van der Waals surface area contributed by atoms with Gasteiger partial charge in [0, 0.05) is 22.5 Å². The molecule has 1 aromatic heterocycles. The molecule has 0 aliphatic rings. The molecule has 1 unspecified atom stereocenters. The van der Waals surface area contributed by atoms with E-state index in [-0.39, 0.29) is 11.7 Å². The number of rotatable bonds is 5. The molecular formula is C13H17ClN4OS. The highest BCUT2D eigenvalue weighted by Crippen LogP contribution is 2.31. The number of aromatic amines is 1. The first-order valence-electron chi connectivity index (χ1n) is 6.38. The molecule has 1 aromatic carbocycles. The number of nitrogens with two attached hydrogens (primary N) is 1. The monoisotopic (exact) mass is 312 g/mol. The van der Waals surface area contributed by atoms with Crippen molar-refractivity contribution in [2.75, 3.05) is 0 Å². The molecule has 1 atom stereocenters. The Bertz CT molecular complexity index is 650. The second-order valence-corrected chi connectivity index (χ2v) is 6.04. The fourth-order valence-electron chi connectivity index (χ4n) is 1.90. The lowest BCUT2D eigenvalue weighted by atomic mass is 10.1. The molecule has 108 valence electrons. The van der Waals surface area contributed by atoms with Gasteiger partial charge in [-0.15, -0.1) is 5.10 Å². The van der Waals surface area contributed by atoms with Crippen molar-refractivity contribution in [3.63, 3.8) is 0 Å². The molecule has 2 aromatic rings. The Kier molecular flexibility index (Phi) is 4.91. The van der Waals surface area contributed by atoms with E-state index in [4.69, 9.17) is 17.3 Å². The normalized spacial score (nSPS) is 12.6. The molecule has 0 saturated carbocycles. The van der Waals surface area contributed by atoms with Crippen molar-refractivity contribution >= 4 is 23.4 Å². The second-order valence-electron chi connectivity index (χ2n) is 4.59. The molecule has 7 heteroatoms. The van der Waals surface area contributed by atoms with Gasteiger partial charge in [-0.2, -0.15) is 0 Å². The van der Waals surface area contributed by atoms with E-state index < -0.39 is 0 Å². The maximum Gasteiger partial charge on any atom is 0.343 e. The van der Waals surface area contributed by atoms with Crippen LogP contribution in [0.3, 0.4) is 0 Å². The summed E-state index contributed by atoms with van der Waals surface area (Å²) in [4.78, 5) is 12.6. The zero-order chi connectivity index (χ0) is 14.7. The summed E-state index contributed by atoms with van der Waals surface area (Å²) in [5.74, 6) is 0. The first kappa shape index (κ1) is 15.2. The molecule has 0 radical (unpaired) electrons. The maximum absolute atomic E-state index is 11.6. The second kappa shape index (κ2) is 6.47. The summed E-state index contributed by atoms with van der Waals surface area (Å²) in [6.45, 7) is 4.43. The van der Waals surface area contributed by atoms with Crippen LogP contribution < -0.4 is 11.4 Å². The van der Waals surface area contributed by atoms with Crippen LogP contribution in [0.15, 0.2) is 33.0 Å². The Hall–Kier alpha value is -1.24. The van der Waals surface area contributed by atoms with E-state index in [9.17, 15) is 4.79 Å². The van der Waals surface area contributed by atoms with E-state index >= 15 is 0 Å². The molecule has 0 aliphatic heterocycles. The summed E-state index contributed by atoms with van der Waals surface area (Å²) in [7, 11) is 0. The molecule has 0 aliphatic carbocycles. The smallest absolute Gasteiger partial charge is 0.328 e. The maximum atomic E-state index is 11.6. The van der Waals surface area contributed by atoms with Gasteiger partial charge in [0.25, 0.3) is 0 Å². The number of hydrogen-bond acceptors (Lipinski definition) is 4. The quantitative estimate of drug-likeness (QED) is 0.888. The number of aromatic nitrogens is 3. The highest BCUT2D eigenvalue weighted by molar-refractivity contribution is 7.99. The highest BCUT2D eigenvalue weighted by Gasteiger charge is 2.12. The molecule has 0 bridgehead atoms. The Morgan fingerprint density at radius 3 is 2.95 bits per heavy atom. The van der Waals surface area contributed by atoms with Crippen molar-refractivity contribution in [3.8, 4) is 0 Å². The van der Waals surface area contributed by atoms with Crippen LogP contribution in [-0.4, -0.2) is 20.8 Å². The molecule has 2 rings (SSSR count). The number of nitrogens with one attached hydrogen (secondary N) is 1. The molecule has 3 N–H and O–H groups in total. The fourth-order valence-corrected chi connectivity index (χ4v) is 3.21. The van der Waals surface area contributed by atoms with E-state index in [1.807, 2.05) is 32.0 Å². The molecule has 0 spiro atoms. The predicted molar refractivity (Wildman–Crippen MR) is 81.5 cm³/mol. The lowest BCUT2D eigenvalue weighted by molar-refractivity contribution is 0.660. The first-order chi connectivity index (χ1) is 9.51. The molecule has 20 heavy (non-hydrogen) atoms.